The van der Waals surface area contributed by atoms with E-state index in [4.69, 9.17) is 0 Å². The van der Waals surface area contributed by atoms with Crippen LogP contribution in [0.2, 0.25) is 0 Å². The molecule has 2 rings (SSSR count). The van der Waals surface area contributed by atoms with Crippen LogP contribution in [0.5, 0.6) is 0 Å². The van der Waals surface area contributed by atoms with Crippen molar-refractivity contribution in [2.75, 3.05) is 20.1 Å². The quantitative estimate of drug-likeness (QED) is 0.869. The second-order valence-electron chi connectivity index (χ2n) is 5.35. The second-order valence-corrected chi connectivity index (χ2v) is 5.35. The molecule has 0 spiro atoms. The lowest BCUT2D eigenvalue weighted by Crippen LogP contribution is -2.45. The van der Waals surface area contributed by atoms with Crippen molar-refractivity contribution in [2.24, 2.45) is 0 Å². The molecule has 0 aromatic carbocycles. The maximum absolute atomic E-state index is 12.7. The molecule has 0 saturated carbocycles. The van der Waals surface area contributed by atoms with Gasteiger partial charge in [0.15, 0.2) is 0 Å². The van der Waals surface area contributed by atoms with Gasteiger partial charge in [-0.2, -0.15) is 5.10 Å². The second kappa shape index (κ2) is 6.19. The number of carbonyl (C=O) groups is 1. The minimum absolute atomic E-state index is 0.143. The zero-order valence-electron chi connectivity index (χ0n) is 12.1. The van der Waals surface area contributed by atoms with Gasteiger partial charge in [-0.1, -0.05) is 0 Å². The van der Waals surface area contributed by atoms with Gasteiger partial charge in [0.1, 0.15) is 0 Å². The van der Waals surface area contributed by atoms with E-state index in [0.29, 0.717) is 6.04 Å². The molecule has 19 heavy (non-hydrogen) atoms. The van der Waals surface area contributed by atoms with E-state index >= 15 is 0 Å². The third-order valence-electron chi connectivity index (χ3n) is 3.96. The van der Waals surface area contributed by atoms with Crippen LogP contribution in [0.25, 0.3) is 0 Å². The zero-order chi connectivity index (χ0) is 13.8. The maximum atomic E-state index is 12.7. The van der Waals surface area contributed by atoms with Crippen LogP contribution in [0, 0.1) is 13.8 Å². The first-order valence-corrected chi connectivity index (χ1v) is 7.12. The average Bonchev–Trinajstić information content (AvgIpc) is 2.75. The molecular formula is C14H24N4O. The number of aromatic nitrogens is 2. The number of piperidine rings is 1. The van der Waals surface area contributed by atoms with Crippen molar-refractivity contribution in [3.63, 3.8) is 0 Å². The summed E-state index contributed by atoms with van der Waals surface area (Å²) >= 11 is 0. The maximum Gasteiger partial charge on any atom is 0.257 e. The van der Waals surface area contributed by atoms with Crippen LogP contribution in [0.15, 0.2) is 0 Å². The fraction of sp³-hybridized carbons (Fsp3) is 0.714. The molecule has 1 aromatic heterocycles. The summed E-state index contributed by atoms with van der Waals surface area (Å²) in [6.07, 6.45) is 4.47. The van der Waals surface area contributed by atoms with Gasteiger partial charge in [0, 0.05) is 18.3 Å². The van der Waals surface area contributed by atoms with E-state index in [2.05, 4.69) is 15.5 Å². The number of rotatable bonds is 4. The van der Waals surface area contributed by atoms with Crippen molar-refractivity contribution in [1.82, 2.24) is 20.4 Å². The molecule has 0 aliphatic carbocycles. The van der Waals surface area contributed by atoms with E-state index in [-0.39, 0.29) is 5.91 Å². The summed E-state index contributed by atoms with van der Waals surface area (Å²) in [5.41, 5.74) is 2.44. The lowest BCUT2D eigenvalue weighted by Gasteiger charge is -2.36. The number of hydrogen-bond acceptors (Lipinski definition) is 3. The third-order valence-corrected chi connectivity index (χ3v) is 3.96. The Balaban J connectivity index is 2.15. The summed E-state index contributed by atoms with van der Waals surface area (Å²) in [6.45, 7) is 5.64. The number of H-pyrrole nitrogens is 1. The first-order chi connectivity index (χ1) is 9.15. The molecule has 1 aliphatic rings. The highest BCUT2D eigenvalue weighted by molar-refractivity contribution is 5.96. The van der Waals surface area contributed by atoms with Gasteiger partial charge in [0.2, 0.25) is 0 Å². The van der Waals surface area contributed by atoms with Crippen molar-refractivity contribution in [1.29, 1.82) is 0 Å². The van der Waals surface area contributed by atoms with Crippen LogP contribution >= 0.6 is 0 Å². The standard InChI is InChI=1S/C14H24N4O/c1-10-13(11(2)17-16-10)14(19)18-9-5-4-6-12(18)7-8-15-3/h12,15H,4-9H2,1-3H3,(H,16,17). The molecule has 1 unspecified atom stereocenters. The van der Waals surface area contributed by atoms with E-state index in [9.17, 15) is 4.79 Å². The number of amides is 1. The smallest absolute Gasteiger partial charge is 0.257 e. The first kappa shape index (κ1) is 14.1. The SMILES string of the molecule is CNCCC1CCCCN1C(=O)c1c(C)n[nH]c1C. The average molecular weight is 264 g/mol. The number of nitrogens with zero attached hydrogens (tertiary/aromatic N) is 2. The summed E-state index contributed by atoms with van der Waals surface area (Å²) in [5, 5.41) is 10.2. The highest BCUT2D eigenvalue weighted by Gasteiger charge is 2.29. The number of hydrogen-bond donors (Lipinski definition) is 2. The van der Waals surface area contributed by atoms with E-state index < -0.39 is 0 Å². The number of aryl methyl sites for hydroxylation is 2. The van der Waals surface area contributed by atoms with Crippen LogP contribution < -0.4 is 5.32 Å². The van der Waals surface area contributed by atoms with Crippen molar-refractivity contribution >= 4 is 5.91 Å². The highest BCUT2D eigenvalue weighted by Crippen LogP contribution is 2.23. The largest absolute Gasteiger partial charge is 0.336 e. The number of nitrogens with one attached hydrogen (secondary N) is 2. The monoisotopic (exact) mass is 264 g/mol. The van der Waals surface area contributed by atoms with Gasteiger partial charge in [-0.3, -0.25) is 9.89 Å². The zero-order valence-corrected chi connectivity index (χ0v) is 12.1. The Morgan fingerprint density at radius 3 is 2.89 bits per heavy atom. The molecule has 5 heteroatoms. The molecule has 1 aromatic rings. The third kappa shape index (κ3) is 2.97. The predicted octanol–water partition coefficient (Wildman–Crippen LogP) is 1.63. The van der Waals surface area contributed by atoms with Crippen molar-refractivity contribution in [2.45, 2.75) is 45.6 Å². The molecule has 1 fully saturated rings. The van der Waals surface area contributed by atoms with Gasteiger partial charge in [-0.05, 0) is 53.1 Å². The van der Waals surface area contributed by atoms with Crippen LogP contribution in [-0.4, -0.2) is 47.2 Å². The van der Waals surface area contributed by atoms with Crippen molar-refractivity contribution in [3.05, 3.63) is 17.0 Å². The summed E-state index contributed by atoms with van der Waals surface area (Å²) < 4.78 is 0. The van der Waals surface area contributed by atoms with E-state index in [0.717, 1.165) is 49.3 Å². The van der Waals surface area contributed by atoms with Gasteiger partial charge in [0.05, 0.1) is 11.3 Å². The van der Waals surface area contributed by atoms with Gasteiger partial charge in [-0.15, -0.1) is 0 Å². The summed E-state index contributed by atoms with van der Waals surface area (Å²) in [4.78, 5) is 14.8. The molecule has 1 saturated heterocycles. The van der Waals surface area contributed by atoms with E-state index in [1.54, 1.807) is 0 Å². The summed E-state index contributed by atoms with van der Waals surface area (Å²) in [7, 11) is 1.96. The van der Waals surface area contributed by atoms with Crippen LogP contribution in [0.4, 0.5) is 0 Å². The minimum atomic E-state index is 0.143. The molecule has 2 heterocycles. The van der Waals surface area contributed by atoms with Gasteiger partial charge in [0.25, 0.3) is 5.91 Å². The topological polar surface area (TPSA) is 61.0 Å². The Bertz CT molecular complexity index is 421. The van der Waals surface area contributed by atoms with E-state index in [1.165, 1.54) is 6.42 Å². The van der Waals surface area contributed by atoms with Gasteiger partial charge >= 0.3 is 0 Å². The molecular weight excluding hydrogens is 240 g/mol. The Labute approximate surface area is 114 Å². The Morgan fingerprint density at radius 1 is 1.47 bits per heavy atom. The summed E-state index contributed by atoms with van der Waals surface area (Å²) in [5.74, 6) is 0.143. The molecule has 5 nitrogen and oxygen atoms in total. The van der Waals surface area contributed by atoms with Gasteiger partial charge < -0.3 is 10.2 Å². The lowest BCUT2D eigenvalue weighted by molar-refractivity contribution is 0.0601. The Morgan fingerprint density at radius 2 is 2.26 bits per heavy atom. The van der Waals surface area contributed by atoms with Crippen molar-refractivity contribution in [3.8, 4) is 0 Å². The Kier molecular flexibility index (Phi) is 4.58. The fourth-order valence-corrected chi connectivity index (χ4v) is 2.89. The lowest BCUT2D eigenvalue weighted by atomic mass is 9.98. The minimum Gasteiger partial charge on any atom is -0.336 e. The molecule has 0 bridgehead atoms. The predicted molar refractivity (Wildman–Crippen MR) is 75.3 cm³/mol. The number of aromatic amines is 1. The molecule has 2 N–H and O–H groups in total. The number of carbonyl (C=O) groups excluding carboxylic acids is 1. The molecule has 1 atom stereocenters. The molecule has 1 amide bonds. The normalized spacial score (nSPS) is 19.7. The first-order valence-electron chi connectivity index (χ1n) is 7.12. The van der Waals surface area contributed by atoms with Crippen LogP contribution in [0.1, 0.15) is 47.4 Å². The number of likely N-dealkylation sites (tertiary alicyclic amines) is 1. The van der Waals surface area contributed by atoms with Crippen LogP contribution in [0.3, 0.4) is 0 Å². The van der Waals surface area contributed by atoms with Crippen LogP contribution in [-0.2, 0) is 0 Å². The highest BCUT2D eigenvalue weighted by atomic mass is 16.2. The fourth-order valence-electron chi connectivity index (χ4n) is 2.89. The summed E-state index contributed by atoms with van der Waals surface area (Å²) in [6, 6.07) is 0.363. The molecule has 1 aliphatic heterocycles. The van der Waals surface area contributed by atoms with E-state index in [1.807, 2.05) is 25.8 Å². The van der Waals surface area contributed by atoms with Crippen molar-refractivity contribution < 1.29 is 4.79 Å². The molecule has 106 valence electrons. The van der Waals surface area contributed by atoms with Gasteiger partial charge in [-0.25, -0.2) is 0 Å². The Hall–Kier alpha value is -1.36. The molecule has 0 radical (unpaired) electrons.